The molecule has 6 nitrogen and oxygen atoms in total. The van der Waals surface area contributed by atoms with Crippen molar-refractivity contribution >= 4 is 23.0 Å². The number of piperidine rings is 1. The van der Waals surface area contributed by atoms with Crippen LogP contribution in [-0.2, 0) is 0 Å². The first kappa shape index (κ1) is 18.7. The first-order valence-electron chi connectivity index (χ1n) is 10.2. The summed E-state index contributed by atoms with van der Waals surface area (Å²) in [6, 6.07) is 12.3. The van der Waals surface area contributed by atoms with Crippen molar-refractivity contribution in [3.8, 4) is 0 Å². The molecule has 2 aliphatic heterocycles. The van der Waals surface area contributed by atoms with Crippen LogP contribution in [0.2, 0.25) is 0 Å². The van der Waals surface area contributed by atoms with Crippen LogP contribution in [0.1, 0.15) is 29.8 Å². The van der Waals surface area contributed by atoms with Gasteiger partial charge in [-0.2, -0.15) is 0 Å². The van der Waals surface area contributed by atoms with E-state index in [1.807, 2.05) is 17.0 Å². The maximum atomic E-state index is 12.6. The third-order valence-corrected chi connectivity index (χ3v) is 5.65. The highest BCUT2D eigenvalue weighted by Gasteiger charge is 2.21. The predicted octanol–water partition coefficient (Wildman–Crippen LogP) is 3.20. The van der Waals surface area contributed by atoms with Crippen LogP contribution in [0.25, 0.3) is 0 Å². The minimum Gasteiger partial charge on any atom is -0.372 e. The molecule has 0 atom stereocenters. The summed E-state index contributed by atoms with van der Waals surface area (Å²) in [5.74, 6) is 0.0190. The molecule has 28 heavy (non-hydrogen) atoms. The van der Waals surface area contributed by atoms with Crippen molar-refractivity contribution in [2.75, 3.05) is 56.5 Å². The summed E-state index contributed by atoms with van der Waals surface area (Å²) in [5, 5.41) is 3.37. The molecular formula is C22H29N5O. The number of amides is 1. The molecule has 2 aromatic rings. The van der Waals surface area contributed by atoms with Crippen LogP contribution < -0.4 is 10.2 Å². The maximum absolute atomic E-state index is 12.6. The molecular weight excluding hydrogens is 350 g/mol. The zero-order valence-corrected chi connectivity index (χ0v) is 16.6. The van der Waals surface area contributed by atoms with Crippen molar-refractivity contribution in [1.29, 1.82) is 0 Å². The summed E-state index contributed by atoms with van der Waals surface area (Å²) in [7, 11) is 2.08. The van der Waals surface area contributed by atoms with Gasteiger partial charge in [0.15, 0.2) is 0 Å². The average molecular weight is 380 g/mol. The minimum atomic E-state index is 0.0190. The van der Waals surface area contributed by atoms with Gasteiger partial charge in [-0.05, 0) is 62.7 Å². The molecule has 0 spiro atoms. The zero-order valence-electron chi connectivity index (χ0n) is 16.6. The number of hydrogen-bond acceptors (Lipinski definition) is 5. The summed E-state index contributed by atoms with van der Waals surface area (Å²) >= 11 is 0. The fourth-order valence-corrected chi connectivity index (χ4v) is 3.84. The minimum absolute atomic E-state index is 0.0190. The number of anilines is 3. The molecule has 3 heterocycles. The van der Waals surface area contributed by atoms with E-state index in [1.54, 1.807) is 6.20 Å². The van der Waals surface area contributed by atoms with Gasteiger partial charge in [-0.15, -0.1) is 0 Å². The normalized spacial score (nSPS) is 18.2. The number of carbonyl (C=O) groups excluding carboxylic acids is 1. The third-order valence-electron chi connectivity index (χ3n) is 5.65. The number of piperazine rings is 1. The van der Waals surface area contributed by atoms with Crippen LogP contribution in [-0.4, -0.2) is 67.0 Å². The number of rotatable bonds is 4. The maximum Gasteiger partial charge on any atom is 0.272 e. The monoisotopic (exact) mass is 379 g/mol. The van der Waals surface area contributed by atoms with Gasteiger partial charge < -0.3 is 20.0 Å². The number of nitrogens with one attached hydrogen (secondary N) is 1. The van der Waals surface area contributed by atoms with Gasteiger partial charge in [0.25, 0.3) is 5.91 Å². The van der Waals surface area contributed by atoms with Gasteiger partial charge in [-0.25, -0.2) is 4.98 Å². The average Bonchev–Trinajstić information content (AvgIpc) is 2.75. The molecule has 0 unspecified atom stereocenters. The van der Waals surface area contributed by atoms with Crippen molar-refractivity contribution in [2.45, 2.75) is 19.3 Å². The van der Waals surface area contributed by atoms with Crippen molar-refractivity contribution in [3.05, 3.63) is 48.3 Å². The fourth-order valence-electron chi connectivity index (χ4n) is 3.84. The summed E-state index contributed by atoms with van der Waals surface area (Å²) in [6.45, 7) is 5.66. The van der Waals surface area contributed by atoms with Gasteiger partial charge in [-0.1, -0.05) is 0 Å². The van der Waals surface area contributed by atoms with Crippen LogP contribution in [0.4, 0.5) is 17.1 Å². The number of likely N-dealkylation sites (N-methyl/N-ethyl adjacent to an activating group) is 1. The number of benzene rings is 1. The van der Waals surface area contributed by atoms with Crippen molar-refractivity contribution in [2.24, 2.45) is 0 Å². The molecule has 2 aliphatic rings. The van der Waals surface area contributed by atoms with E-state index in [1.165, 1.54) is 24.9 Å². The Morgan fingerprint density at radius 1 is 0.857 bits per heavy atom. The standard InChI is InChI=1S/C22H29N5O/c1-25-13-15-27(16-14-25)22(28)21-10-7-19(17-23-21)24-18-5-8-20(9-6-18)26-11-3-2-4-12-26/h5-10,17,24H,2-4,11-16H2,1H3. The predicted molar refractivity (Wildman–Crippen MR) is 113 cm³/mol. The lowest BCUT2D eigenvalue weighted by atomic mass is 10.1. The topological polar surface area (TPSA) is 51.7 Å². The van der Waals surface area contributed by atoms with Crippen LogP contribution in [0.15, 0.2) is 42.6 Å². The number of aromatic nitrogens is 1. The second-order valence-electron chi connectivity index (χ2n) is 7.75. The summed E-state index contributed by atoms with van der Waals surface area (Å²) in [4.78, 5) is 23.5. The smallest absolute Gasteiger partial charge is 0.272 e. The van der Waals surface area contributed by atoms with Crippen LogP contribution in [0, 0.1) is 0 Å². The second kappa shape index (κ2) is 8.61. The SMILES string of the molecule is CN1CCN(C(=O)c2ccc(Nc3ccc(N4CCCCC4)cc3)cn2)CC1. The van der Waals surface area contributed by atoms with Gasteiger partial charge in [-0.3, -0.25) is 4.79 Å². The Hall–Kier alpha value is -2.60. The molecule has 2 fully saturated rings. The molecule has 0 aliphatic carbocycles. The highest BCUT2D eigenvalue weighted by atomic mass is 16.2. The quantitative estimate of drug-likeness (QED) is 0.884. The van der Waals surface area contributed by atoms with E-state index in [0.29, 0.717) is 5.69 Å². The van der Waals surface area contributed by atoms with E-state index >= 15 is 0 Å². The Labute approximate surface area is 167 Å². The molecule has 1 N–H and O–H groups in total. The van der Waals surface area contributed by atoms with E-state index < -0.39 is 0 Å². The largest absolute Gasteiger partial charge is 0.372 e. The number of pyridine rings is 1. The van der Waals surface area contributed by atoms with Crippen molar-refractivity contribution < 1.29 is 4.79 Å². The van der Waals surface area contributed by atoms with Gasteiger partial charge in [0.2, 0.25) is 0 Å². The molecule has 2 saturated heterocycles. The molecule has 1 aromatic heterocycles. The van der Waals surface area contributed by atoms with E-state index in [-0.39, 0.29) is 5.91 Å². The van der Waals surface area contributed by atoms with Gasteiger partial charge in [0.1, 0.15) is 5.69 Å². The number of hydrogen-bond donors (Lipinski definition) is 1. The number of nitrogens with zero attached hydrogens (tertiary/aromatic N) is 4. The van der Waals surface area contributed by atoms with Gasteiger partial charge >= 0.3 is 0 Å². The second-order valence-corrected chi connectivity index (χ2v) is 7.75. The molecule has 1 amide bonds. The van der Waals surface area contributed by atoms with Crippen LogP contribution in [0.3, 0.4) is 0 Å². The van der Waals surface area contributed by atoms with Gasteiger partial charge in [0.05, 0.1) is 11.9 Å². The van der Waals surface area contributed by atoms with E-state index in [4.69, 9.17) is 0 Å². The first-order chi connectivity index (χ1) is 13.7. The lowest BCUT2D eigenvalue weighted by Gasteiger charge is -2.32. The highest BCUT2D eigenvalue weighted by molar-refractivity contribution is 5.92. The Balaban J connectivity index is 1.35. The molecule has 1 aromatic carbocycles. The summed E-state index contributed by atoms with van der Waals surface area (Å²) in [6.07, 6.45) is 5.65. The van der Waals surface area contributed by atoms with Crippen LogP contribution in [0.5, 0.6) is 0 Å². The molecule has 0 radical (unpaired) electrons. The molecule has 148 valence electrons. The number of carbonyl (C=O) groups is 1. The molecule has 6 heteroatoms. The fraction of sp³-hybridized carbons (Fsp3) is 0.455. The Kier molecular flexibility index (Phi) is 5.76. The third kappa shape index (κ3) is 4.44. The Morgan fingerprint density at radius 2 is 1.54 bits per heavy atom. The lowest BCUT2D eigenvalue weighted by molar-refractivity contribution is 0.0658. The molecule has 0 bridgehead atoms. The van der Waals surface area contributed by atoms with Crippen LogP contribution >= 0.6 is 0 Å². The van der Waals surface area contributed by atoms with E-state index in [2.05, 4.69) is 51.4 Å². The first-order valence-corrected chi connectivity index (χ1v) is 10.2. The van der Waals surface area contributed by atoms with Gasteiger partial charge in [0, 0.05) is 50.6 Å². The Bertz CT molecular complexity index is 776. The van der Waals surface area contributed by atoms with Crippen molar-refractivity contribution in [1.82, 2.24) is 14.8 Å². The van der Waals surface area contributed by atoms with E-state index in [9.17, 15) is 4.79 Å². The molecule has 0 saturated carbocycles. The van der Waals surface area contributed by atoms with Crippen molar-refractivity contribution in [3.63, 3.8) is 0 Å². The Morgan fingerprint density at radius 3 is 2.18 bits per heavy atom. The lowest BCUT2D eigenvalue weighted by Crippen LogP contribution is -2.47. The van der Waals surface area contributed by atoms with E-state index in [0.717, 1.165) is 50.6 Å². The highest BCUT2D eigenvalue weighted by Crippen LogP contribution is 2.23. The summed E-state index contributed by atoms with van der Waals surface area (Å²) in [5.41, 5.74) is 3.72. The molecule has 4 rings (SSSR count). The zero-order chi connectivity index (χ0) is 19.3. The summed E-state index contributed by atoms with van der Waals surface area (Å²) < 4.78 is 0.